The molecule has 1 unspecified atom stereocenters. The van der Waals surface area contributed by atoms with Crippen LogP contribution >= 0.6 is 0 Å². The van der Waals surface area contributed by atoms with Gasteiger partial charge in [0.2, 0.25) is 11.8 Å². The monoisotopic (exact) mass is 408 g/mol. The van der Waals surface area contributed by atoms with Gasteiger partial charge in [0.25, 0.3) is 0 Å². The van der Waals surface area contributed by atoms with Crippen molar-refractivity contribution in [3.63, 3.8) is 0 Å². The van der Waals surface area contributed by atoms with Crippen LogP contribution in [0, 0.1) is 0 Å². The lowest BCUT2D eigenvalue weighted by Crippen LogP contribution is -2.23. The average molecular weight is 408 g/mol. The van der Waals surface area contributed by atoms with Crippen LogP contribution in [0.25, 0.3) is 10.9 Å². The molecule has 1 aromatic heterocycles. The standard InChI is InChI=1S/C26H20N2O3/c29-21-10-4-6-17-12-14-23(27-24(17)21)30-19-8-3-7-18(15-19)26-28-25-20-9-2-1-5-16(20)11-13-22(25)31-26/h1-10,12,14-15,22,25,29H,11,13H2/t22?,25-/m0/s1. The quantitative estimate of drug-likeness (QED) is 0.482. The number of para-hydroxylation sites is 1. The molecular weight excluding hydrogens is 388 g/mol. The zero-order valence-electron chi connectivity index (χ0n) is 16.7. The molecule has 1 aliphatic carbocycles. The number of aromatic nitrogens is 1. The minimum Gasteiger partial charge on any atom is -0.506 e. The Labute approximate surface area is 179 Å². The van der Waals surface area contributed by atoms with Crippen molar-refractivity contribution in [2.45, 2.75) is 25.0 Å². The number of aliphatic imine (C=N–C) groups is 1. The predicted octanol–water partition coefficient (Wildman–Crippen LogP) is 5.57. The van der Waals surface area contributed by atoms with Gasteiger partial charge in [0.05, 0.1) is 0 Å². The lowest BCUT2D eigenvalue weighted by Gasteiger charge is -2.25. The number of aryl methyl sites for hydroxylation is 1. The predicted molar refractivity (Wildman–Crippen MR) is 119 cm³/mol. The number of ether oxygens (including phenoxy) is 2. The molecule has 0 amide bonds. The first kappa shape index (κ1) is 18.0. The van der Waals surface area contributed by atoms with E-state index >= 15 is 0 Å². The first-order valence-corrected chi connectivity index (χ1v) is 10.4. The maximum absolute atomic E-state index is 10.1. The minimum absolute atomic E-state index is 0.0506. The molecule has 5 nitrogen and oxygen atoms in total. The van der Waals surface area contributed by atoms with Crippen LogP contribution in [0.4, 0.5) is 0 Å². The highest BCUT2D eigenvalue weighted by Gasteiger charge is 2.36. The summed E-state index contributed by atoms with van der Waals surface area (Å²) in [7, 11) is 0. The summed E-state index contributed by atoms with van der Waals surface area (Å²) in [5.41, 5.74) is 4.02. The van der Waals surface area contributed by atoms with Gasteiger partial charge < -0.3 is 14.6 Å². The van der Waals surface area contributed by atoms with Gasteiger partial charge in [0.1, 0.15) is 29.2 Å². The van der Waals surface area contributed by atoms with E-state index < -0.39 is 0 Å². The number of hydrogen-bond acceptors (Lipinski definition) is 5. The second kappa shape index (κ2) is 7.13. The molecule has 4 aromatic rings. The summed E-state index contributed by atoms with van der Waals surface area (Å²) < 4.78 is 12.2. The summed E-state index contributed by atoms with van der Waals surface area (Å²) in [4.78, 5) is 9.36. The molecule has 152 valence electrons. The third kappa shape index (κ3) is 3.19. The van der Waals surface area contributed by atoms with Crippen molar-refractivity contribution < 1.29 is 14.6 Å². The normalized spacial score (nSPS) is 19.3. The number of phenolic OH excluding ortho intramolecular Hbond substituents is 1. The van der Waals surface area contributed by atoms with Gasteiger partial charge in [-0.1, -0.05) is 42.5 Å². The molecule has 2 atom stereocenters. The molecule has 1 aliphatic heterocycles. The van der Waals surface area contributed by atoms with Gasteiger partial charge in [-0.3, -0.25) is 0 Å². The van der Waals surface area contributed by atoms with Crippen LogP contribution in [-0.2, 0) is 11.2 Å². The van der Waals surface area contributed by atoms with Gasteiger partial charge >= 0.3 is 0 Å². The maximum Gasteiger partial charge on any atom is 0.219 e. The van der Waals surface area contributed by atoms with Crippen LogP contribution in [0.2, 0.25) is 0 Å². The summed E-state index contributed by atoms with van der Waals surface area (Å²) in [6.45, 7) is 0. The van der Waals surface area contributed by atoms with E-state index in [1.165, 1.54) is 11.1 Å². The SMILES string of the molecule is Oc1cccc2ccc(Oc3cccc(C4=N[C@H]5c6ccccc6CCC5O4)c3)nc12. The van der Waals surface area contributed by atoms with Crippen molar-refractivity contribution in [3.8, 4) is 17.4 Å². The second-order valence-electron chi connectivity index (χ2n) is 7.90. The highest BCUT2D eigenvalue weighted by atomic mass is 16.5. The molecule has 31 heavy (non-hydrogen) atoms. The Morgan fingerprint density at radius 3 is 2.81 bits per heavy atom. The van der Waals surface area contributed by atoms with Crippen LogP contribution < -0.4 is 4.74 Å². The molecule has 5 heteroatoms. The highest BCUT2D eigenvalue weighted by Crippen LogP contribution is 2.39. The molecule has 0 saturated heterocycles. The van der Waals surface area contributed by atoms with Gasteiger partial charge in [-0.05, 0) is 54.3 Å². The van der Waals surface area contributed by atoms with Gasteiger partial charge in [0.15, 0.2) is 0 Å². The summed E-state index contributed by atoms with van der Waals surface area (Å²) in [6.07, 6.45) is 2.07. The van der Waals surface area contributed by atoms with E-state index in [-0.39, 0.29) is 17.9 Å². The molecule has 2 heterocycles. The summed E-state index contributed by atoms with van der Waals surface area (Å²) in [5.74, 6) is 1.85. The largest absolute Gasteiger partial charge is 0.506 e. The van der Waals surface area contributed by atoms with E-state index in [0.717, 1.165) is 23.8 Å². The van der Waals surface area contributed by atoms with Crippen LogP contribution in [-0.4, -0.2) is 22.1 Å². The Kier molecular flexibility index (Phi) is 4.13. The highest BCUT2D eigenvalue weighted by molar-refractivity contribution is 5.96. The van der Waals surface area contributed by atoms with E-state index in [4.69, 9.17) is 14.5 Å². The van der Waals surface area contributed by atoms with Gasteiger partial charge in [-0.25, -0.2) is 9.98 Å². The van der Waals surface area contributed by atoms with Crippen LogP contribution in [0.15, 0.2) is 83.9 Å². The molecule has 0 spiro atoms. The van der Waals surface area contributed by atoms with Crippen LogP contribution in [0.5, 0.6) is 17.4 Å². The van der Waals surface area contributed by atoms with Crippen LogP contribution in [0.3, 0.4) is 0 Å². The van der Waals surface area contributed by atoms with E-state index in [0.29, 0.717) is 23.0 Å². The lowest BCUT2D eigenvalue weighted by atomic mass is 9.86. The smallest absolute Gasteiger partial charge is 0.219 e. The van der Waals surface area contributed by atoms with Crippen molar-refractivity contribution in [3.05, 3.63) is 95.6 Å². The fourth-order valence-corrected chi connectivity index (χ4v) is 4.41. The van der Waals surface area contributed by atoms with E-state index in [1.54, 1.807) is 18.2 Å². The molecule has 6 rings (SSSR count). The van der Waals surface area contributed by atoms with Gasteiger partial charge in [-0.15, -0.1) is 0 Å². The number of phenols is 1. The molecule has 2 aliphatic rings. The Morgan fingerprint density at radius 1 is 0.935 bits per heavy atom. The molecular formula is C26H20N2O3. The number of aromatic hydroxyl groups is 1. The van der Waals surface area contributed by atoms with Crippen molar-refractivity contribution >= 4 is 16.8 Å². The topological polar surface area (TPSA) is 63.9 Å². The second-order valence-corrected chi connectivity index (χ2v) is 7.90. The van der Waals surface area contributed by atoms with Gasteiger partial charge in [0, 0.05) is 17.0 Å². The molecule has 0 radical (unpaired) electrons. The van der Waals surface area contributed by atoms with E-state index in [1.807, 2.05) is 36.4 Å². The van der Waals surface area contributed by atoms with Crippen LogP contribution in [0.1, 0.15) is 29.2 Å². The third-order valence-corrected chi connectivity index (χ3v) is 5.92. The number of benzene rings is 3. The lowest BCUT2D eigenvalue weighted by molar-refractivity contribution is 0.174. The average Bonchev–Trinajstić information content (AvgIpc) is 3.25. The summed E-state index contributed by atoms with van der Waals surface area (Å²) in [6, 6.07) is 25.2. The van der Waals surface area contributed by atoms with Crippen molar-refractivity contribution in [2.75, 3.05) is 0 Å². The Bertz CT molecular complexity index is 1330. The first-order valence-electron chi connectivity index (χ1n) is 10.4. The number of hydrogen-bond donors (Lipinski definition) is 1. The molecule has 0 saturated carbocycles. The van der Waals surface area contributed by atoms with Gasteiger partial charge in [-0.2, -0.15) is 0 Å². The zero-order valence-corrected chi connectivity index (χ0v) is 16.7. The fraction of sp³-hybridized carbons (Fsp3) is 0.154. The summed E-state index contributed by atoms with van der Waals surface area (Å²) >= 11 is 0. The number of fused-ring (bicyclic) bond motifs is 4. The Hall–Kier alpha value is -3.86. The van der Waals surface area contributed by atoms with Crippen molar-refractivity contribution in [1.29, 1.82) is 0 Å². The third-order valence-electron chi connectivity index (χ3n) is 5.92. The first-order chi connectivity index (χ1) is 15.2. The fourth-order valence-electron chi connectivity index (χ4n) is 4.41. The number of nitrogens with zero attached hydrogens (tertiary/aromatic N) is 2. The number of rotatable bonds is 3. The Balaban J connectivity index is 1.29. The molecule has 3 aromatic carbocycles. The minimum atomic E-state index is 0.0506. The molecule has 0 bridgehead atoms. The number of pyridine rings is 1. The molecule has 1 N–H and O–H groups in total. The summed E-state index contributed by atoms with van der Waals surface area (Å²) in [5, 5.41) is 10.9. The van der Waals surface area contributed by atoms with Crippen molar-refractivity contribution in [1.82, 2.24) is 4.98 Å². The maximum atomic E-state index is 10.1. The van der Waals surface area contributed by atoms with E-state index in [2.05, 4.69) is 29.2 Å². The Morgan fingerprint density at radius 2 is 1.84 bits per heavy atom. The molecule has 0 fully saturated rings. The van der Waals surface area contributed by atoms with Crippen molar-refractivity contribution in [2.24, 2.45) is 4.99 Å². The zero-order chi connectivity index (χ0) is 20.8. The van der Waals surface area contributed by atoms with E-state index in [9.17, 15) is 5.11 Å².